The Kier molecular flexibility index (Phi) is 4.61. The van der Waals surface area contributed by atoms with E-state index in [-0.39, 0.29) is 0 Å². The summed E-state index contributed by atoms with van der Waals surface area (Å²) in [6, 6.07) is 19.9. The van der Waals surface area contributed by atoms with E-state index in [0.29, 0.717) is 5.71 Å². The van der Waals surface area contributed by atoms with Gasteiger partial charge in [0.2, 0.25) is 0 Å². The van der Waals surface area contributed by atoms with Gasteiger partial charge in [0.25, 0.3) is 0 Å². The fourth-order valence-electron chi connectivity index (χ4n) is 3.46. The molecular formula is C21H21N3O. The van der Waals surface area contributed by atoms with Crippen LogP contribution < -0.4 is 0 Å². The van der Waals surface area contributed by atoms with E-state index in [4.69, 9.17) is 0 Å². The highest BCUT2D eigenvalue weighted by Gasteiger charge is 2.41. The first-order valence-corrected chi connectivity index (χ1v) is 8.21. The van der Waals surface area contributed by atoms with Crippen molar-refractivity contribution in [2.75, 3.05) is 0 Å². The number of aryl methyl sites for hydroxylation is 2. The van der Waals surface area contributed by atoms with E-state index in [2.05, 4.69) is 15.1 Å². The first kappa shape index (κ1) is 16.8. The van der Waals surface area contributed by atoms with E-state index in [1.807, 2.05) is 81.4 Å². The molecule has 1 atom stereocenters. The average molecular weight is 331 g/mol. The van der Waals surface area contributed by atoms with Gasteiger partial charge >= 0.3 is 0 Å². The number of rotatable bonds is 4. The summed E-state index contributed by atoms with van der Waals surface area (Å²) < 4.78 is 0. The second-order valence-corrected chi connectivity index (χ2v) is 6.15. The number of aromatic nitrogens is 2. The highest BCUT2D eigenvalue weighted by atomic mass is 16.4. The van der Waals surface area contributed by atoms with Gasteiger partial charge < -0.3 is 5.21 Å². The van der Waals surface area contributed by atoms with Crippen molar-refractivity contribution in [3.05, 3.63) is 95.1 Å². The van der Waals surface area contributed by atoms with E-state index in [9.17, 15) is 5.21 Å². The lowest BCUT2D eigenvalue weighted by Crippen LogP contribution is -2.38. The molecule has 4 nitrogen and oxygen atoms in total. The molecule has 0 amide bonds. The SMILES string of the molecule is C/C(=N/O)C(c1ccccc1)(c1cc(C)nc(C)c1)c1ccccn1. The summed E-state index contributed by atoms with van der Waals surface area (Å²) in [7, 11) is 0. The van der Waals surface area contributed by atoms with Crippen molar-refractivity contribution in [1.29, 1.82) is 0 Å². The summed E-state index contributed by atoms with van der Waals surface area (Å²) >= 11 is 0. The lowest BCUT2D eigenvalue weighted by atomic mass is 9.68. The molecule has 4 heteroatoms. The average Bonchev–Trinajstić information content (AvgIpc) is 2.63. The molecule has 1 N–H and O–H groups in total. The lowest BCUT2D eigenvalue weighted by molar-refractivity contribution is 0.315. The van der Waals surface area contributed by atoms with Gasteiger partial charge in [0.05, 0.1) is 11.4 Å². The summed E-state index contributed by atoms with van der Waals surface area (Å²) in [5.74, 6) is 0. The maximum absolute atomic E-state index is 9.74. The maximum atomic E-state index is 9.74. The predicted octanol–water partition coefficient (Wildman–Crippen LogP) is 4.28. The van der Waals surface area contributed by atoms with Crippen LogP contribution in [-0.2, 0) is 5.41 Å². The lowest BCUT2D eigenvalue weighted by Gasteiger charge is -2.34. The molecule has 0 aliphatic rings. The molecule has 1 unspecified atom stereocenters. The van der Waals surface area contributed by atoms with Gasteiger partial charge in [-0.15, -0.1) is 0 Å². The highest BCUT2D eigenvalue weighted by Crippen LogP contribution is 2.40. The third-order valence-electron chi connectivity index (χ3n) is 4.46. The molecular weight excluding hydrogens is 310 g/mol. The maximum Gasteiger partial charge on any atom is 0.104 e. The van der Waals surface area contributed by atoms with Crippen LogP contribution in [0, 0.1) is 13.8 Å². The number of nitrogens with zero attached hydrogens (tertiary/aromatic N) is 3. The molecule has 25 heavy (non-hydrogen) atoms. The second-order valence-electron chi connectivity index (χ2n) is 6.15. The van der Waals surface area contributed by atoms with Gasteiger partial charge in [0, 0.05) is 17.6 Å². The van der Waals surface area contributed by atoms with Crippen LogP contribution in [0.4, 0.5) is 0 Å². The second kappa shape index (κ2) is 6.85. The van der Waals surface area contributed by atoms with E-state index < -0.39 is 5.41 Å². The van der Waals surface area contributed by atoms with Gasteiger partial charge in [-0.1, -0.05) is 41.6 Å². The van der Waals surface area contributed by atoms with Gasteiger partial charge in [-0.05, 0) is 56.2 Å². The molecule has 0 aliphatic carbocycles. The van der Waals surface area contributed by atoms with Crippen LogP contribution in [0.1, 0.15) is 35.1 Å². The Morgan fingerprint density at radius 1 is 0.920 bits per heavy atom. The Bertz CT molecular complexity index is 830. The van der Waals surface area contributed by atoms with Gasteiger partial charge in [0.1, 0.15) is 5.41 Å². The standard InChI is InChI=1S/C21H21N3O/c1-15-13-19(14-16(2)23-15)21(17(3)24-25,18-9-5-4-6-10-18)20-11-7-8-12-22-20/h4-14,25H,1-3H3/b24-17-. The molecule has 0 fully saturated rings. The minimum atomic E-state index is -0.782. The van der Waals surface area contributed by atoms with Gasteiger partial charge in [-0.25, -0.2) is 0 Å². The van der Waals surface area contributed by atoms with Gasteiger partial charge in [-0.3, -0.25) is 9.97 Å². The molecule has 1 aromatic carbocycles. The molecule has 0 spiro atoms. The number of oxime groups is 1. The van der Waals surface area contributed by atoms with Crippen LogP contribution in [0.3, 0.4) is 0 Å². The largest absolute Gasteiger partial charge is 0.411 e. The van der Waals surface area contributed by atoms with Crippen molar-refractivity contribution >= 4 is 5.71 Å². The van der Waals surface area contributed by atoms with Gasteiger partial charge in [-0.2, -0.15) is 0 Å². The molecule has 0 radical (unpaired) electrons. The predicted molar refractivity (Wildman–Crippen MR) is 99.2 cm³/mol. The molecule has 3 aromatic rings. The van der Waals surface area contributed by atoms with E-state index in [1.54, 1.807) is 6.20 Å². The molecule has 126 valence electrons. The molecule has 0 saturated heterocycles. The monoisotopic (exact) mass is 331 g/mol. The van der Waals surface area contributed by atoms with Crippen molar-refractivity contribution in [2.45, 2.75) is 26.2 Å². The summed E-state index contributed by atoms with van der Waals surface area (Å²) in [6.07, 6.45) is 1.76. The van der Waals surface area contributed by atoms with Gasteiger partial charge in [0.15, 0.2) is 0 Å². The zero-order valence-electron chi connectivity index (χ0n) is 14.6. The van der Waals surface area contributed by atoms with E-state index in [1.165, 1.54) is 0 Å². The van der Waals surface area contributed by atoms with E-state index in [0.717, 1.165) is 28.2 Å². The van der Waals surface area contributed by atoms with Crippen LogP contribution in [0.2, 0.25) is 0 Å². The van der Waals surface area contributed by atoms with Crippen molar-refractivity contribution in [2.24, 2.45) is 5.16 Å². The summed E-state index contributed by atoms with van der Waals surface area (Å²) in [6.45, 7) is 5.76. The number of hydrogen-bond acceptors (Lipinski definition) is 4. The first-order chi connectivity index (χ1) is 12.1. The third-order valence-corrected chi connectivity index (χ3v) is 4.46. The molecule has 0 bridgehead atoms. The Hall–Kier alpha value is -3.01. The van der Waals surface area contributed by atoms with Crippen LogP contribution in [-0.4, -0.2) is 20.9 Å². The number of hydrogen-bond donors (Lipinski definition) is 1. The molecule has 2 heterocycles. The highest BCUT2D eigenvalue weighted by molar-refractivity contribution is 5.99. The summed E-state index contributed by atoms with van der Waals surface area (Å²) in [4.78, 5) is 9.12. The Morgan fingerprint density at radius 2 is 1.56 bits per heavy atom. The quantitative estimate of drug-likeness (QED) is 0.441. The zero-order chi connectivity index (χ0) is 17.9. The van der Waals surface area contributed by atoms with Crippen molar-refractivity contribution in [1.82, 2.24) is 9.97 Å². The van der Waals surface area contributed by atoms with Crippen molar-refractivity contribution in [3.8, 4) is 0 Å². The Balaban J connectivity index is 2.45. The Morgan fingerprint density at radius 3 is 2.12 bits per heavy atom. The van der Waals surface area contributed by atoms with Crippen LogP contribution in [0.25, 0.3) is 0 Å². The minimum absolute atomic E-state index is 0.558. The summed E-state index contributed by atoms with van der Waals surface area (Å²) in [5, 5.41) is 13.3. The number of benzene rings is 1. The fraction of sp³-hybridized carbons (Fsp3) is 0.190. The Labute approximate surface area is 147 Å². The van der Waals surface area contributed by atoms with Crippen LogP contribution in [0.5, 0.6) is 0 Å². The van der Waals surface area contributed by atoms with Crippen molar-refractivity contribution in [3.63, 3.8) is 0 Å². The van der Waals surface area contributed by atoms with E-state index >= 15 is 0 Å². The fourth-order valence-corrected chi connectivity index (χ4v) is 3.46. The summed E-state index contributed by atoms with van der Waals surface area (Å²) in [5.41, 5.74) is 4.39. The smallest absolute Gasteiger partial charge is 0.104 e. The number of pyridine rings is 2. The first-order valence-electron chi connectivity index (χ1n) is 8.21. The molecule has 2 aromatic heterocycles. The molecule has 0 aliphatic heterocycles. The van der Waals surface area contributed by atoms with Crippen LogP contribution >= 0.6 is 0 Å². The topological polar surface area (TPSA) is 58.4 Å². The minimum Gasteiger partial charge on any atom is -0.411 e. The normalized spacial score (nSPS) is 14.1. The van der Waals surface area contributed by atoms with Crippen LogP contribution in [0.15, 0.2) is 72.0 Å². The third kappa shape index (κ3) is 2.91. The molecule has 3 rings (SSSR count). The van der Waals surface area contributed by atoms with Crippen molar-refractivity contribution < 1.29 is 5.21 Å². The molecule has 0 saturated carbocycles. The zero-order valence-corrected chi connectivity index (χ0v) is 14.6.